The molecule has 0 bridgehead atoms. The van der Waals surface area contributed by atoms with E-state index in [0.717, 1.165) is 37.2 Å². The predicted molar refractivity (Wildman–Crippen MR) is 90.9 cm³/mol. The summed E-state index contributed by atoms with van der Waals surface area (Å²) in [6.07, 6.45) is 5.90. The fourth-order valence-electron chi connectivity index (χ4n) is 3.83. The van der Waals surface area contributed by atoms with Crippen molar-refractivity contribution in [1.82, 2.24) is 14.7 Å². The molecule has 3 unspecified atom stereocenters. The second kappa shape index (κ2) is 6.34. The van der Waals surface area contributed by atoms with Gasteiger partial charge in [0.25, 0.3) is 5.91 Å². The molecule has 1 amide bonds. The number of fused-ring (bicyclic) bond motifs is 1. The summed E-state index contributed by atoms with van der Waals surface area (Å²) in [6.45, 7) is 1.67. The van der Waals surface area contributed by atoms with Crippen LogP contribution in [0.5, 0.6) is 0 Å². The molecule has 122 valence electrons. The zero-order valence-electron chi connectivity index (χ0n) is 12.8. The van der Waals surface area contributed by atoms with Crippen molar-refractivity contribution in [2.24, 2.45) is 17.6 Å². The van der Waals surface area contributed by atoms with E-state index in [1.165, 1.54) is 0 Å². The summed E-state index contributed by atoms with van der Waals surface area (Å²) >= 11 is 0. The lowest BCUT2D eigenvalue weighted by molar-refractivity contribution is 0.0779. The highest BCUT2D eigenvalue weighted by Gasteiger charge is 2.42. The van der Waals surface area contributed by atoms with E-state index in [0.29, 0.717) is 11.8 Å². The Balaban J connectivity index is 0.00000156. The van der Waals surface area contributed by atoms with Crippen LogP contribution in [0.15, 0.2) is 42.7 Å². The fourth-order valence-corrected chi connectivity index (χ4v) is 3.83. The molecule has 2 N–H and O–H groups in total. The van der Waals surface area contributed by atoms with Crippen molar-refractivity contribution in [3.63, 3.8) is 0 Å². The van der Waals surface area contributed by atoms with Gasteiger partial charge in [0.1, 0.15) is 0 Å². The van der Waals surface area contributed by atoms with E-state index in [1.807, 2.05) is 41.4 Å². The zero-order chi connectivity index (χ0) is 15.1. The van der Waals surface area contributed by atoms with Crippen molar-refractivity contribution in [3.8, 4) is 5.69 Å². The number of nitrogens with zero attached hydrogens (tertiary/aromatic N) is 3. The molecule has 4 rings (SSSR count). The Morgan fingerprint density at radius 2 is 1.96 bits per heavy atom. The first-order chi connectivity index (χ1) is 10.7. The number of likely N-dealkylation sites (tertiary alicyclic amines) is 1. The van der Waals surface area contributed by atoms with E-state index in [1.54, 1.807) is 10.9 Å². The zero-order valence-corrected chi connectivity index (χ0v) is 13.7. The molecule has 1 aliphatic heterocycles. The number of rotatable bonds is 2. The SMILES string of the molecule is Cl.NC1CCC2CN(C(=O)c3ccc(-n4cccn4)cc3)CC12. The maximum absolute atomic E-state index is 12.6. The van der Waals surface area contributed by atoms with E-state index >= 15 is 0 Å². The van der Waals surface area contributed by atoms with Gasteiger partial charge in [0, 0.05) is 37.1 Å². The number of hydrogen-bond donors (Lipinski definition) is 1. The Hall–Kier alpha value is -1.85. The van der Waals surface area contributed by atoms with Gasteiger partial charge in [-0.3, -0.25) is 4.79 Å². The highest BCUT2D eigenvalue weighted by atomic mass is 35.5. The Morgan fingerprint density at radius 1 is 1.17 bits per heavy atom. The van der Waals surface area contributed by atoms with Crippen LogP contribution in [0.2, 0.25) is 0 Å². The van der Waals surface area contributed by atoms with Gasteiger partial charge in [0.2, 0.25) is 0 Å². The molecule has 23 heavy (non-hydrogen) atoms. The first-order valence-electron chi connectivity index (χ1n) is 7.87. The maximum atomic E-state index is 12.6. The number of nitrogens with two attached hydrogens (primary N) is 1. The lowest BCUT2D eigenvalue weighted by atomic mass is 9.98. The molecule has 2 heterocycles. The number of carbonyl (C=O) groups is 1. The molecule has 1 saturated carbocycles. The van der Waals surface area contributed by atoms with Gasteiger partial charge in [-0.15, -0.1) is 12.4 Å². The number of aromatic nitrogens is 2. The first-order valence-corrected chi connectivity index (χ1v) is 7.87. The fraction of sp³-hybridized carbons (Fsp3) is 0.412. The van der Waals surface area contributed by atoms with Gasteiger partial charge in [-0.25, -0.2) is 4.68 Å². The van der Waals surface area contributed by atoms with E-state index in [9.17, 15) is 4.79 Å². The van der Waals surface area contributed by atoms with Gasteiger partial charge in [-0.2, -0.15) is 5.10 Å². The minimum absolute atomic E-state index is 0. The van der Waals surface area contributed by atoms with Crippen molar-refractivity contribution in [1.29, 1.82) is 0 Å². The first kappa shape index (κ1) is 16.0. The summed E-state index contributed by atoms with van der Waals surface area (Å²) in [5.41, 5.74) is 7.85. The standard InChI is InChI=1S/C17H20N4O.ClH/c18-16-7-4-13-10-20(11-15(13)16)17(22)12-2-5-14(6-3-12)21-9-1-8-19-21;/h1-3,5-6,8-9,13,15-16H,4,7,10-11,18H2;1H. The Labute approximate surface area is 141 Å². The van der Waals surface area contributed by atoms with Crippen LogP contribution in [0.1, 0.15) is 23.2 Å². The van der Waals surface area contributed by atoms with Gasteiger partial charge in [-0.05, 0) is 55.0 Å². The van der Waals surface area contributed by atoms with Crippen LogP contribution >= 0.6 is 12.4 Å². The molecular weight excluding hydrogens is 312 g/mol. The molecule has 6 heteroatoms. The summed E-state index contributed by atoms with van der Waals surface area (Å²) in [5, 5.41) is 4.19. The summed E-state index contributed by atoms with van der Waals surface area (Å²) in [6, 6.07) is 9.78. The van der Waals surface area contributed by atoms with Crippen molar-refractivity contribution in [3.05, 3.63) is 48.3 Å². The summed E-state index contributed by atoms with van der Waals surface area (Å²) < 4.78 is 1.79. The normalized spacial score (nSPS) is 26.0. The number of carbonyl (C=O) groups excluding carboxylic acids is 1. The van der Waals surface area contributed by atoms with Crippen molar-refractivity contribution < 1.29 is 4.79 Å². The van der Waals surface area contributed by atoms with Crippen LogP contribution in [0, 0.1) is 11.8 Å². The van der Waals surface area contributed by atoms with Crippen LogP contribution in [-0.4, -0.2) is 39.7 Å². The molecule has 0 spiro atoms. The minimum Gasteiger partial charge on any atom is -0.338 e. The third-order valence-corrected chi connectivity index (χ3v) is 5.08. The molecule has 2 fully saturated rings. The summed E-state index contributed by atoms with van der Waals surface area (Å²) in [7, 11) is 0. The second-order valence-corrected chi connectivity index (χ2v) is 6.37. The van der Waals surface area contributed by atoms with E-state index in [2.05, 4.69) is 5.10 Å². The Bertz CT molecular complexity index is 670. The number of amides is 1. The largest absolute Gasteiger partial charge is 0.338 e. The molecule has 1 saturated heterocycles. The topological polar surface area (TPSA) is 64.2 Å². The lowest BCUT2D eigenvalue weighted by Gasteiger charge is -2.19. The van der Waals surface area contributed by atoms with Crippen LogP contribution < -0.4 is 5.73 Å². The molecule has 2 aliphatic rings. The van der Waals surface area contributed by atoms with E-state index in [-0.39, 0.29) is 24.4 Å². The third-order valence-electron chi connectivity index (χ3n) is 5.08. The molecule has 1 aliphatic carbocycles. The highest BCUT2D eigenvalue weighted by Crippen LogP contribution is 2.37. The van der Waals surface area contributed by atoms with Gasteiger partial charge in [-0.1, -0.05) is 0 Å². The minimum atomic E-state index is 0. The Kier molecular flexibility index (Phi) is 4.41. The van der Waals surface area contributed by atoms with Gasteiger partial charge in [0.05, 0.1) is 5.69 Å². The maximum Gasteiger partial charge on any atom is 0.253 e. The molecule has 2 aromatic rings. The van der Waals surface area contributed by atoms with Gasteiger partial charge < -0.3 is 10.6 Å². The molecule has 1 aromatic heterocycles. The summed E-state index contributed by atoms with van der Waals surface area (Å²) in [4.78, 5) is 14.6. The van der Waals surface area contributed by atoms with Crippen LogP contribution in [0.3, 0.4) is 0 Å². The van der Waals surface area contributed by atoms with Crippen LogP contribution in [0.25, 0.3) is 5.69 Å². The summed E-state index contributed by atoms with van der Waals surface area (Å²) in [5.74, 6) is 1.21. The van der Waals surface area contributed by atoms with Crippen molar-refractivity contribution in [2.75, 3.05) is 13.1 Å². The smallest absolute Gasteiger partial charge is 0.253 e. The van der Waals surface area contributed by atoms with E-state index in [4.69, 9.17) is 5.73 Å². The monoisotopic (exact) mass is 332 g/mol. The average molecular weight is 333 g/mol. The molecule has 3 atom stereocenters. The quantitative estimate of drug-likeness (QED) is 0.916. The Morgan fingerprint density at radius 3 is 2.61 bits per heavy atom. The number of benzene rings is 1. The third kappa shape index (κ3) is 2.86. The van der Waals surface area contributed by atoms with Gasteiger partial charge >= 0.3 is 0 Å². The van der Waals surface area contributed by atoms with Crippen LogP contribution in [-0.2, 0) is 0 Å². The lowest BCUT2D eigenvalue weighted by Crippen LogP contribution is -2.33. The predicted octanol–water partition coefficient (Wildman–Crippen LogP) is 2.10. The van der Waals surface area contributed by atoms with Crippen molar-refractivity contribution >= 4 is 18.3 Å². The molecule has 5 nitrogen and oxygen atoms in total. The van der Waals surface area contributed by atoms with E-state index < -0.39 is 0 Å². The molecular formula is C17H21ClN4O. The van der Waals surface area contributed by atoms with Gasteiger partial charge in [0.15, 0.2) is 0 Å². The van der Waals surface area contributed by atoms with Crippen molar-refractivity contribution in [2.45, 2.75) is 18.9 Å². The molecule has 1 aromatic carbocycles. The molecule has 0 radical (unpaired) electrons. The van der Waals surface area contributed by atoms with Crippen LogP contribution in [0.4, 0.5) is 0 Å². The number of halogens is 1. The number of hydrogen-bond acceptors (Lipinski definition) is 3. The highest BCUT2D eigenvalue weighted by molar-refractivity contribution is 5.94. The second-order valence-electron chi connectivity index (χ2n) is 6.37. The average Bonchev–Trinajstić information content (AvgIpc) is 3.26.